The van der Waals surface area contributed by atoms with E-state index in [1.54, 1.807) is 7.11 Å². The van der Waals surface area contributed by atoms with Gasteiger partial charge in [-0.05, 0) is 25.5 Å². The predicted molar refractivity (Wildman–Crippen MR) is 66.4 cm³/mol. The molecule has 3 nitrogen and oxygen atoms in total. The maximum atomic E-state index is 5.78. The van der Waals surface area contributed by atoms with Crippen molar-refractivity contribution in [3.05, 3.63) is 11.8 Å². The maximum absolute atomic E-state index is 5.78. The Labute approximate surface area is 99.2 Å². The van der Waals surface area contributed by atoms with Gasteiger partial charge in [-0.25, -0.2) is 0 Å². The van der Waals surface area contributed by atoms with Crippen LogP contribution in [0.3, 0.4) is 0 Å². The normalized spacial score (nSPS) is 18.1. The molecule has 0 aromatic heterocycles. The summed E-state index contributed by atoms with van der Waals surface area (Å²) in [5.74, 6) is 1.06. The van der Waals surface area contributed by atoms with Crippen LogP contribution in [-0.2, 0) is 9.47 Å². The highest BCUT2D eigenvalue weighted by molar-refractivity contribution is 5.14. The number of hydrogen-bond donors (Lipinski definition) is 1. The van der Waals surface area contributed by atoms with Crippen molar-refractivity contribution in [3.8, 4) is 0 Å². The number of methoxy groups -OCH3 is 1. The summed E-state index contributed by atoms with van der Waals surface area (Å²) in [5, 5.41) is 3.50. The highest BCUT2D eigenvalue weighted by atomic mass is 16.5. The van der Waals surface area contributed by atoms with Crippen molar-refractivity contribution in [2.24, 2.45) is 0 Å². The minimum atomic E-state index is -0.147. The fourth-order valence-corrected chi connectivity index (χ4v) is 2.45. The lowest BCUT2D eigenvalue weighted by molar-refractivity contribution is -0.0489. The molecule has 0 saturated carbocycles. The summed E-state index contributed by atoms with van der Waals surface area (Å²) in [7, 11) is 1.80. The van der Waals surface area contributed by atoms with E-state index in [0.29, 0.717) is 0 Å². The average Bonchev–Trinajstić information content (AvgIpc) is 2.84. The van der Waals surface area contributed by atoms with E-state index < -0.39 is 0 Å². The van der Waals surface area contributed by atoms with Crippen molar-refractivity contribution in [1.82, 2.24) is 5.32 Å². The van der Waals surface area contributed by atoms with Gasteiger partial charge in [-0.2, -0.15) is 0 Å². The summed E-state index contributed by atoms with van der Waals surface area (Å²) in [6, 6.07) is 0.181. The van der Waals surface area contributed by atoms with Gasteiger partial charge in [-0.3, -0.25) is 0 Å². The van der Waals surface area contributed by atoms with Crippen LogP contribution in [-0.4, -0.2) is 31.9 Å². The minimum Gasteiger partial charge on any atom is -0.496 e. The summed E-state index contributed by atoms with van der Waals surface area (Å²) in [6.45, 7) is 8.20. The molecule has 1 N–H and O–H groups in total. The van der Waals surface area contributed by atoms with Crippen LogP contribution in [0.15, 0.2) is 11.8 Å². The van der Waals surface area contributed by atoms with Crippen molar-refractivity contribution in [3.63, 3.8) is 0 Å². The first-order chi connectivity index (χ1) is 7.74. The molecule has 1 rings (SSSR count). The molecule has 0 radical (unpaired) electrons. The highest BCUT2D eigenvalue weighted by Gasteiger charge is 2.39. The van der Waals surface area contributed by atoms with Gasteiger partial charge in [0.1, 0.15) is 5.76 Å². The Kier molecular flexibility index (Phi) is 5.29. The average molecular weight is 227 g/mol. The summed E-state index contributed by atoms with van der Waals surface area (Å²) < 4.78 is 11.5. The molecule has 0 amide bonds. The second-order valence-electron chi connectivity index (χ2n) is 4.21. The second-order valence-corrected chi connectivity index (χ2v) is 4.21. The number of ether oxygens (including phenoxy) is 2. The van der Waals surface area contributed by atoms with Gasteiger partial charge in [-0.15, -0.1) is 0 Å². The lowest BCUT2D eigenvalue weighted by Crippen LogP contribution is -2.52. The van der Waals surface area contributed by atoms with Crippen molar-refractivity contribution in [2.45, 2.75) is 51.7 Å². The number of likely N-dealkylation sites (N-methyl/N-ethyl adjacent to an activating group) is 1. The molecule has 0 aromatic carbocycles. The molecular formula is C13H25NO2. The van der Waals surface area contributed by atoms with Crippen LogP contribution >= 0.6 is 0 Å². The van der Waals surface area contributed by atoms with Gasteiger partial charge in [-0.1, -0.05) is 20.8 Å². The lowest BCUT2D eigenvalue weighted by Gasteiger charge is -2.39. The summed E-state index contributed by atoms with van der Waals surface area (Å²) >= 11 is 0. The zero-order valence-electron chi connectivity index (χ0n) is 11.0. The van der Waals surface area contributed by atoms with Gasteiger partial charge in [0, 0.05) is 13.5 Å². The summed E-state index contributed by atoms with van der Waals surface area (Å²) in [5.41, 5.74) is -0.147. The second kappa shape index (κ2) is 6.26. The Morgan fingerprint density at radius 3 is 2.50 bits per heavy atom. The highest BCUT2D eigenvalue weighted by Crippen LogP contribution is 2.30. The standard InChI is InChI=1S/C13H25NO2/c1-5-13(6-2,15-4)12(14-7-3)11-9-8-10-16-11/h9,12,14H,5-8,10H2,1-4H3. The summed E-state index contributed by atoms with van der Waals surface area (Å²) in [4.78, 5) is 0. The quantitative estimate of drug-likeness (QED) is 0.725. The van der Waals surface area contributed by atoms with E-state index in [-0.39, 0.29) is 11.6 Å². The Balaban J connectivity index is 2.88. The number of rotatable bonds is 7. The maximum Gasteiger partial charge on any atom is 0.112 e. The number of hydrogen-bond acceptors (Lipinski definition) is 3. The van der Waals surface area contributed by atoms with E-state index in [0.717, 1.165) is 38.2 Å². The molecule has 1 atom stereocenters. The van der Waals surface area contributed by atoms with Gasteiger partial charge in [0.25, 0.3) is 0 Å². The molecule has 0 aliphatic carbocycles. The van der Waals surface area contributed by atoms with Crippen LogP contribution < -0.4 is 5.32 Å². The Bertz CT molecular complexity index is 226. The molecule has 0 spiro atoms. The SMILES string of the molecule is CCNC(C1=CCCO1)C(CC)(CC)OC. The van der Waals surface area contributed by atoms with Gasteiger partial charge < -0.3 is 14.8 Å². The van der Waals surface area contributed by atoms with Crippen LogP contribution in [0.2, 0.25) is 0 Å². The first kappa shape index (κ1) is 13.5. The van der Waals surface area contributed by atoms with Crippen LogP contribution in [0.5, 0.6) is 0 Å². The van der Waals surface area contributed by atoms with E-state index >= 15 is 0 Å². The molecule has 94 valence electrons. The molecule has 1 heterocycles. The zero-order chi connectivity index (χ0) is 12.0. The molecule has 0 aromatic rings. The fraction of sp³-hybridized carbons (Fsp3) is 0.846. The van der Waals surface area contributed by atoms with Crippen molar-refractivity contribution >= 4 is 0 Å². The Morgan fingerprint density at radius 1 is 1.44 bits per heavy atom. The third kappa shape index (κ3) is 2.58. The largest absolute Gasteiger partial charge is 0.496 e. The van der Waals surface area contributed by atoms with Crippen molar-refractivity contribution < 1.29 is 9.47 Å². The molecule has 1 aliphatic rings. The van der Waals surface area contributed by atoms with Crippen molar-refractivity contribution in [1.29, 1.82) is 0 Å². The Hall–Kier alpha value is -0.540. The van der Waals surface area contributed by atoms with Crippen LogP contribution in [0, 0.1) is 0 Å². The molecule has 0 bridgehead atoms. The van der Waals surface area contributed by atoms with E-state index in [9.17, 15) is 0 Å². The van der Waals surface area contributed by atoms with Crippen LogP contribution in [0.1, 0.15) is 40.0 Å². The predicted octanol–water partition coefficient (Wildman–Crippen LogP) is 2.47. The lowest BCUT2D eigenvalue weighted by atomic mass is 9.86. The van der Waals surface area contributed by atoms with Gasteiger partial charge in [0.2, 0.25) is 0 Å². The fourth-order valence-electron chi connectivity index (χ4n) is 2.45. The molecule has 0 saturated heterocycles. The topological polar surface area (TPSA) is 30.5 Å². The molecular weight excluding hydrogens is 202 g/mol. The zero-order valence-corrected chi connectivity index (χ0v) is 11.0. The molecule has 3 heteroatoms. The molecule has 1 unspecified atom stereocenters. The molecule has 16 heavy (non-hydrogen) atoms. The summed E-state index contributed by atoms with van der Waals surface area (Å²) in [6.07, 6.45) is 5.17. The van der Waals surface area contributed by atoms with E-state index in [1.165, 1.54) is 0 Å². The van der Waals surface area contributed by atoms with E-state index in [1.807, 2.05) is 0 Å². The smallest absolute Gasteiger partial charge is 0.112 e. The van der Waals surface area contributed by atoms with Gasteiger partial charge >= 0.3 is 0 Å². The first-order valence-electron chi connectivity index (χ1n) is 6.35. The molecule has 1 aliphatic heterocycles. The van der Waals surface area contributed by atoms with E-state index in [4.69, 9.17) is 9.47 Å². The van der Waals surface area contributed by atoms with Crippen LogP contribution in [0.25, 0.3) is 0 Å². The van der Waals surface area contributed by atoms with Crippen molar-refractivity contribution in [2.75, 3.05) is 20.3 Å². The minimum absolute atomic E-state index is 0.147. The number of nitrogens with one attached hydrogen (secondary N) is 1. The Morgan fingerprint density at radius 2 is 2.12 bits per heavy atom. The monoisotopic (exact) mass is 227 g/mol. The molecule has 0 fully saturated rings. The van der Waals surface area contributed by atoms with Gasteiger partial charge in [0.15, 0.2) is 0 Å². The third-order valence-electron chi connectivity index (χ3n) is 3.55. The first-order valence-corrected chi connectivity index (χ1v) is 6.35. The van der Waals surface area contributed by atoms with Crippen LogP contribution in [0.4, 0.5) is 0 Å². The third-order valence-corrected chi connectivity index (χ3v) is 3.55. The van der Waals surface area contributed by atoms with Gasteiger partial charge in [0.05, 0.1) is 18.2 Å². The van der Waals surface area contributed by atoms with E-state index in [2.05, 4.69) is 32.2 Å².